The Balaban J connectivity index is 1.27. The van der Waals surface area contributed by atoms with Gasteiger partial charge in [-0.15, -0.1) is 17.7 Å². The minimum absolute atomic E-state index is 0.261. The number of thiol groups is 1. The van der Waals surface area contributed by atoms with Crippen LogP contribution in [0.1, 0.15) is 17.5 Å². The van der Waals surface area contributed by atoms with E-state index in [0.717, 1.165) is 33.9 Å². The summed E-state index contributed by atoms with van der Waals surface area (Å²) in [5.74, 6) is -0.0796. The van der Waals surface area contributed by atoms with Crippen LogP contribution in [-0.4, -0.2) is 44.1 Å². The van der Waals surface area contributed by atoms with Crippen molar-refractivity contribution in [3.8, 4) is 11.4 Å². The maximum atomic E-state index is 11.9. The summed E-state index contributed by atoms with van der Waals surface area (Å²) in [6, 6.07) is 22.8. The van der Waals surface area contributed by atoms with Gasteiger partial charge in [-0.25, -0.2) is 4.79 Å². The SMILES string of the molecule is O=C(O)C1CCc2cc(OCNc3cccc(-n4nnnc4S)c3)ccc2N1Cc1ccccc1. The van der Waals surface area contributed by atoms with Gasteiger partial charge in [0.1, 0.15) is 11.8 Å². The molecule has 4 aromatic rings. The average Bonchev–Trinajstić information content (AvgIpc) is 3.30. The first-order valence-electron chi connectivity index (χ1n) is 11.2. The van der Waals surface area contributed by atoms with Crippen LogP contribution in [0.15, 0.2) is 78.0 Å². The number of carboxylic acid groups (broad SMARTS) is 1. The fraction of sp³-hybridized carbons (Fsp3) is 0.200. The van der Waals surface area contributed by atoms with Crippen LogP contribution in [0.2, 0.25) is 0 Å². The van der Waals surface area contributed by atoms with Crippen LogP contribution in [0, 0.1) is 0 Å². The van der Waals surface area contributed by atoms with E-state index >= 15 is 0 Å². The van der Waals surface area contributed by atoms with Crippen LogP contribution < -0.4 is 15.0 Å². The summed E-state index contributed by atoms with van der Waals surface area (Å²) >= 11 is 4.25. The second-order valence-corrected chi connectivity index (χ2v) is 8.60. The Kier molecular flexibility index (Phi) is 6.53. The molecule has 1 aromatic heterocycles. The first-order chi connectivity index (χ1) is 17.1. The van der Waals surface area contributed by atoms with Gasteiger partial charge in [0.25, 0.3) is 0 Å². The van der Waals surface area contributed by atoms with Gasteiger partial charge in [0.15, 0.2) is 6.73 Å². The molecule has 178 valence electrons. The summed E-state index contributed by atoms with van der Waals surface area (Å²) in [6.07, 6.45) is 1.23. The van der Waals surface area contributed by atoms with E-state index in [4.69, 9.17) is 4.74 Å². The highest BCUT2D eigenvalue weighted by Gasteiger charge is 2.31. The van der Waals surface area contributed by atoms with Crippen molar-refractivity contribution in [3.05, 3.63) is 83.9 Å². The third-order valence-electron chi connectivity index (χ3n) is 5.96. The minimum Gasteiger partial charge on any atom is -0.480 e. The normalized spacial score (nSPS) is 14.9. The first-order valence-corrected chi connectivity index (χ1v) is 11.6. The number of hydrogen-bond donors (Lipinski definition) is 3. The Morgan fingerprint density at radius 3 is 2.74 bits per heavy atom. The summed E-state index contributed by atoms with van der Waals surface area (Å²) < 4.78 is 7.48. The summed E-state index contributed by atoms with van der Waals surface area (Å²) in [4.78, 5) is 13.9. The Bertz CT molecular complexity index is 1330. The van der Waals surface area contributed by atoms with Crippen molar-refractivity contribution in [2.75, 3.05) is 16.9 Å². The number of tetrazole rings is 1. The zero-order chi connectivity index (χ0) is 24.2. The smallest absolute Gasteiger partial charge is 0.326 e. The molecule has 1 aliphatic heterocycles. The van der Waals surface area contributed by atoms with E-state index in [9.17, 15) is 9.90 Å². The van der Waals surface area contributed by atoms with Crippen molar-refractivity contribution in [1.82, 2.24) is 20.2 Å². The van der Waals surface area contributed by atoms with Gasteiger partial charge >= 0.3 is 5.97 Å². The lowest BCUT2D eigenvalue weighted by Crippen LogP contribution is -2.44. The fourth-order valence-corrected chi connectivity index (χ4v) is 4.48. The van der Waals surface area contributed by atoms with Gasteiger partial charge in [-0.2, -0.15) is 4.68 Å². The molecular weight excluding hydrogens is 464 g/mol. The molecule has 0 saturated carbocycles. The van der Waals surface area contributed by atoms with Crippen LogP contribution in [0.5, 0.6) is 5.75 Å². The molecule has 0 fully saturated rings. The molecule has 1 unspecified atom stereocenters. The lowest BCUT2D eigenvalue weighted by Gasteiger charge is -2.37. The molecular formula is C25H24N6O3S. The maximum absolute atomic E-state index is 11.9. The van der Waals surface area contributed by atoms with Crippen molar-refractivity contribution in [3.63, 3.8) is 0 Å². The number of aliphatic carboxylic acids is 1. The molecule has 10 heteroatoms. The molecule has 0 bridgehead atoms. The predicted molar refractivity (Wildman–Crippen MR) is 134 cm³/mol. The lowest BCUT2D eigenvalue weighted by molar-refractivity contribution is -0.138. The van der Waals surface area contributed by atoms with Crippen molar-refractivity contribution in [2.45, 2.75) is 30.6 Å². The predicted octanol–water partition coefficient (Wildman–Crippen LogP) is 3.81. The molecule has 2 N–H and O–H groups in total. The van der Waals surface area contributed by atoms with E-state index in [2.05, 4.69) is 33.5 Å². The molecule has 35 heavy (non-hydrogen) atoms. The van der Waals surface area contributed by atoms with Gasteiger partial charge in [0.05, 0.1) is 5.69 Å². The van der Waals surface area contributed by atoms with Crippen LogP contribution >= 0.6 is 12.6 Å². The molecule has 0 aliphatic carbocycles. The Labute approximate surface area is 207 Å². The molecule has 0 saturated heterocycles. The molecule has 1 atom stereocenters. The highest BCUT2D eigenvalue weighted by Crippen LogP contribution is 2.35. The summed E-state index contributed by atoms with van der Waals surface area (Å²) in [5, 5.41) is 24.8. The molecule has 0 amide bonds. The van der Waals surface area contributed by atoms with Gasteiger partial charge in [-0.05, 0) is 70.8 Å². The number of hydrogen-bond acceptors (Lipinski definition) is 8. The number of aryl methyl sites for hydroxylation is 1. The van der Waals surface area contributed by atoms with E-state index in [1.807, 2.05) is 77.7 Å². The van der Waals surface area contributed by atoms with Crippen LogP contribution in [0.4, 0.5) is 11.4 Å². The van der Waals surface area contributed by atoms with Crippen LogP contribution in [-0.2, 0) is 17.8 Å². The Morgan fingerprint density at radius 2 is 1.97 bits per heavy atom. The summed E-state index contributed by atoms with van der Waals surface area (Å²) in [5.41, 5.74) is 4.72. The highest BCUT2D eigenvalue weighted by molar-refractivity contribution is 7.80. The van der Waals surface area contributed by atoms with E-state index in [-0.39, 0.29) is 6.73 Å². The van der Waals surface area contributed by atoms with E-state index in [0.29, 0.717) is 24.5 Å². The number of aromatic nitrogens is 4. The monoisotopic (exact) mass is 488 g/mol. The number of fused-ring (bicyclic) bond motifs is 1. The molecule has 2 heterocycles. The van der Waals surface area contributed by atoms with Gasteiger partial charge in [0, 0.05) is 17.9 Å². The van der Waals surface area contributed by atoms with Crippen LogP contribution in [0.25, 0.3) is 5.69 Å². The lowest BCUT2D eigenvalue weighted by atomic mass is 9.94. The third kappa shape index (κ3) is 5.07. The Morgan fingerprint density at radius 1 is 1.11 bits per heavy atom. The van der Waals surface area contributed by atoms with Gasteiger partial charge < -0.3 is 20.1 Å². The van der Waals surface area contributed by atoms with Crippen molar-refractivity contribution < 1.29 is 14.6 Å². The topological polar surface area (TPSA) is 105 Å². The Hall–Kier alpha value is -4.05. The number of benzene rings is 3. The number of ether oxygens (including phenoxy) is 1. The molecule has 9 nitrogen and oxygen atoms in total. The number of carbonyl (C=O) groups is 1. The summed E-state index contributed by atoms with van der Waals surface area (Å²) in [6.45, 7) is 0.801. The molecule has 0 spiro atoms. The number of rotatable bonds is 8. The second kappa shape index (κ2) is 10.1. The van der Waals surface area contributed by atoms with Crippen molar-refractivity contribution in [1.29, 1.82) is 0 Å². The third-order valence-corrected chi connectivity index (χ3v) is 6.24. The first kappa shape index (κ1) is 22.7. The van der Waals surface area contributed by atoms with E-state index < -0.39 is 12.0 Å². The molecule has 0 radical (unpaired) electrons. The number of anilines is 2. The van der Waals surface area contributed by atoms with Crippen LogP contribution in [0.3, 0.4) is 0 Å². The second-order valence-electron chi connectivity index (χ2n) is 8.20. The fourth-order valence-electron chi connectivity index (χ4n) is 4.28. The average molecular weight is 489 g/mol. The quantitative estimate of drug-likeness (QED) is 0.254. The van der Waals surface area contributed by atoms with Crippen molar-refractivity contribution in [2.24, 2.45) is 0 Å². The standard InChI is InChI=1S/C25H24N6O3S/c32-24(33)23-11-9-18-13-21(10-12-22(18)30(23)15-17-5-2-1-3-6-17)34-16-26-19-7-4-8-20(14-19)31-25(35)27-28-29-31/h1-8,10,12-14,23,26H,9,11,15-16H2,(H,32,33)(H,27,29,35). The van der Waals surface area contributed by atoms with Gasteiger partial charge in [0.2, 0.25) is 5.16 Å². The largest absolute Gasteiger partial charge is 0.480 e. The molecule has 5 rings (SSSR count). The maximum Gasteiger partial charge on any atom is 0.326 e. The zero-order valence-electron chi connectivity index (χ0n) is 18.8. The van der Waals surface area contributed by atoms with E-state index in [1.165, 1.54) is 4.68 Å². The van der Waals surface area contributed by atoms with Gasteiger partial charge in [-0.3, -0.25) is 0 Å². The summed E-state index contributed by atoms with van der Waals surface area (Å²) in [7, 11) is 0. The number of nitrogens with one attached hydrogen (secondary N) is 1. The number of nitrogens with zero attached hydrogens (tertiary/aromatic N) is 5. The van der Waals surface area contributed by atoms with E-state index in [1.54, 1.807) is 0 Å². The zero-order valence-corrected chi connectivity index (χ0v) is 19.7. The molecule has 1 aliphatic rings. The van der Waals surface area contributed by atoms with Gasteiger partial charge in [-0.1, -0.05) is 36.4 Å². The highest BCUT2D eigenvalue weighted by atomic mass is 32.1. The minimum atomic E-state index is -0.801. The number of carboxylic acids is 1. The molecule has 3 aromatic carbocycles. The van der Waals surface area contributed by atoms with Crippen molar-refractivity contribution >= 4 is 30.0 Å².